The summed E-state index contributed by atoms with van der Waals surface area (Å²) in [5.41, 5.74) is 0.311. The average Bonchev–Trinajstić information content (AvgIpc) is 3.13. The summed E-state index contributed by atoms with van der Waals surface area (Å²) in [7, 11) is 0. The van der Waals surface area contributed by atoms with Crippen LogP contribution in [0.1, 0.15) is 24.3 Å². The van der Waals surface area contributed by atoms with Crippen LogP contribution in [-0.4, -0.2) is 59.0 Å². The molecular weight excluding hydrogens is 296 g/mol. The van der Waals surface area contributed by atoms with Gasteiger partial charge >= 0.3 is 0 Å². The van der Waals surface area contributed by atoms with Crippen molar-refractivity contribution >= 4 is 11.8 Å². The van der Waals surface area contributed by atoms with Crippen molar-refractivity contribution in [3.05, 3.63) is 24.3 Å². The van der Waals surface area contributed by atoms with Crippen LogP contribution in [0.2, 0.25) is 0 Å². The first-order chi connectivity index (χ1) is 11.1. The van der Waals surface area contributed by atoms with E-state index in [0.717, 1.165) is 0 Å². The molecule has 2 aliphatic rings. The molecule has 23 heavy (non-hydrogen) atoms. The van der Waals surface area contributed by atoms with Crippen molar-refractivity contribution in [2.24, 2.45) is 17.8 Å². The summed E-state index contributed by atoms with van der Waals surface area (Å²) in [5, 5.41) is 2.90. The Morgan fingerprint density at radius 2 is 2.22 bits per heavy atom. The molecule has 7 nitrogen and oxygen atoms in total. The molecule has 3 atom stereocenters. The van der Waals surface area contributed by atoms with Crippen molar-refractivity contribution in [3.63, 3.8) is 0 Å². The van der Waals surface area contributed by atoms with Gasteiger partial charge in [0.25, 0.3) is 5.91 Å². The zero-order chi connectivity index (χ0) is 16.4. The zero-order valence-corrected chi connectivity index (χ0v) is 13.4. The molecule has 2 fully saturated rings. The molecule has 7 heteroatoms. The molecule has 3 heterocycles. The van der Waals surface area contributed by atoms with Crippen LogP contribution in [0.3, 0.4) is 0 Å². The monoisotopic (exact) mass is 318 g/mol. The van der Waals surface area contributed by atoms with Gasteiger partial charge in [-0.05, 0) is 0 Å². The van der Waals surface area contributed by atoms with Crippen molar-refractivity contribution in [3.8, 4) is 0 Å². The van der Waals surface area contributed by atoms with E-state index in [2.05, 4.69) is 15.3 Å². The van der Waals surface area contributed by atoms with Crippen molar-refractivity contribution < 1.29 is 14.3 Å². The Balaban J connectivity index is 1.54. The zero-order valence-electron chi connectivity index (χ0n) is 13.4. The Kier molecular flexibility index (Phi) is 4.56. The van der Waals surface area contributed by atoms with E-state index in [9.17, 15) is 9.59 Å². The molecule has 124 valence electrons. The molecule has 1 aromatic rings. The number of fused-ring (bicyclic) bond motifs is 1. The maximum absolute atomic E-state index is 12.1. The Hall–Kier alpha value is -2.02. The third-order valence-electron chi connectivity index (χ3n) is 4.57. The van der Waals surface area contributed by atoms with Gasteiger partial charge in [-0.25, -0.2) is 4.98 Å². The number of nitrogens with one attached hydrogen (secondary N) is 1. The topological polar surface area (TPSA) is 84.4 Å². The highest BCUT2D eigenvalue weighted by molar-refractivity contribution is 5.91. The summed E-state index contributed by atoms with van der Waals surface area (Å²) in [4.78, 5) is 33.9. The fraction of sp³-hybridized carbons (Fsp3) is 0.625. The molecule has 0 aromatic carbocycles. The van der Waals surface area contributed by atoms with Crippen molar-refractivity contribution in [1.82, 2.24) is 20.2 Å². The first kappa shape index (κ1) is 15.9. The number of ether oxygens (including phenoxy) is 1. The maximum atomic E-state index is 12.1. The number of nitrogens with zero attached hydrogens (tertiary/aromatic N) is 3. The molecule has 0 spiro atoms. The smallest absolute Gasteiger partial charge is 0.271 e. The molecule has 0 aliphatic carbocycles. The van der Waals surface area contributed by atoms with Crippen LogP contribution in [0.5, 0.6) is 0 Å². The molecule has 0 radical (unpaired) electrons. The lowest BCUT2D eigenvalue weighted by atomic mass is 9.93. The average molecular weight is 318 g/mol. The van der Waals surface area contributed by atoms with Crippen LogP contribution in [0.25, 0.3) is 0 Å². The number of hydrogen-bond acceptors (Lipinski definition) is 5. The van der Waals surface area contributed by atoms with Crippen molar-refractivity contribution in [1.29, 1.82) is 0 Å². The van der Waals surface area contributed by atoms with Gasteiger partial charge in [0.15, 0.2) is 0 Å². The summed E-state index contributed by atoms with van der Waals surface area (Å²) in [6, 6.07) is 0. The molecule has 1 N–H and O–H groups in total. The highest BCUT2D eigenvalue weighted by Gasteiger charge is 2.45. The predicted octanol–water partition coefficient (Wildman–Crippen LogP) is 0.336. The third kappa shape index (κ3) is 3.34. The van der Waals surface area contributed by atoms with Crippen molar-refractivity contribution in [2.45, 2.75) is 20.0 Å². The molecule has 2 aliphatic heterocycles. The van der Waals surface area contributed by atoms with Crippen LogP contribution in [-0.2, 0) is 9.53 Å². The fourth-order valence-corrected chi connectivity index (χ4v) is 3.29. The van der Waals surface area contributed by atoms with Gasteiger partial charge in [-0.3, -0.25) is 14.6 Å². The van der Waals surface area contributed by atoms with E-state index >= 15 is 0 Å². The van der Waals surface area contributed by atoms with Gasteiger partial charge in [-0.2, -0.15) is 0 Å². The Morgan fingerprint density at radius 3 is 2.91 bits per heavy atom. The van der Waals surface area contributed by atoms with Gasteiger partial charge in [0.2, 0.25) is 5.91 Å². The molecule has 0 bridgehead atoms. The predicted molar refractivity (Wildman–Crippen MR) is 82.5 cm³/mol. The van der Waals surface area contributed by atoms with E-state index in [1.807, 2.05) is 18.7 Å². The number of aromatic nitrogens is 2. The summed E-state index contributed by atoms with van der Waals surface area (Å²) in [6.45, 7) is 6.36. The van der Waals surface area contributed by atoms with Crippen LogP contribution in [0.15, 0.2) is 18.6 Å². The minimum Gasteiger partial charge on any atom is -0.376 e. The lowest BCUT2D eigenvalue weighted by Crippen LogP contribution is -2.36. The quantitative estimate of drug-likeness (QED) is 0.865. The van der Waals surface area contributed by atoms with E-state index in [-0.39, 0.29) is 29.8 Å². The molecule has 2 saturated heterocycles. The second kappa shape index (κ2) is 6.62. The summed E-state index contributed by atoms with van der Waals surface area (Å²) in [6.07, 6.45) is 4.57. The first-order valence-electron chi connectivity index (χ1n) is 8.01. The fourth-order valence-electron chi connectivity index (χ4n) is 3.29. The summed E-state index contributed by atoms with van der Waals surface area (Å²) < 4.78 is 5.81. The van der Waals surface area contributed by atoms with E-state index in [1.165, 1.54) is 18.6 Å². The molecule has 0 saturated carbocycles. The number of carbonyl (C=O) groups excluding carboxylic acids is 2. The maximum Gasteiger partial charge on any atom is 0.271 e. The number of likely N-dealkylation sites (tertiary alicyclic amines) is 1. The minimum absolute atomic E-state index is 0.00337. The van der Waals surface area contributed by atoms with Crippen LogP contribution in [0, 0.1) is 17.8 Å². The van der Waals surface area contributed by atoms with Gasteiger partial charge in [0.05, 0.1) is 18.9 Å². The summed E-state index contributed by atoms with van der Waals surface area (Å²) in [5.74, 6) is 0.467. The minimum atomic E-state index is -0.227. The third-order valence-corrected chi connectivity index (χ3v) is 4.57. The number of rotatable bonds is 4. The van der Waals surface area contributed by atoms with Crippen LogP contribution >= 0.6 is 0 Å². The largest absolute Gasteiger partial charge is 0.376 e. The van der Waals surface area contributed by atoms with E-state index < -0.39 is 0 Å². The Labute approximate surface area is 135 Å². The second-order valence-electron chi connectivity index (χ2n) is 6.49. The summed E-state index contributed by atoms with van der Waals surface area (Å²) >= 11 is 0. The van der Waals surface area contributed by atoms with E-state index in [0.29, 0.717) is 37.9 Å². The second-order valence-corrected chi connectivity index (χ2v) is 6.49. The Morgan fingerprint density at radius 1 is 1.39 bits per heavy atom. The highest BCUT2D eigenvalue weighted by atomic mass is 16.5. The van der Waals surface area contributed by atoms with Crippen LogP contribution < -0.4 is 5.32 Å². The standard InChI is InChI=1S/C16H22N4O3/c1-10(2)16(22)20-7-12-11(9-23-14(12)8-20)5-19-15(21)13-6-17-3-4-18-13/h3-4,6,10-12,14H,5,7-9H2,1-2H3,(H,19,21)/t11-,12+,14+/m0/s1. The van der Waals surface area contributed by atoms with Gasteiger partial charge in [-0.1, -0.05) is 13.8 Å². The lowest BCUT2D eigenvalue weighted by Gasteiger charge is -2.21. The van der Waals surface area contributed by atoms with Crippen LogP contribution in [0.4, 0.5) is 0 Å². The van der Waals surface area contributed by atoms with Crippen molar-refractivity contribution in [2.75, 3.05) is 26.2 Å². The highest BCUT2D eigenvalue weighted by Crippen LogP contribution is 2.33. The number of hydrogen-bond donors (Lipinski definition) is 1. The number of amides is 2. The van der Waals surface area contributed by atoms with E-state index in [1.54, 1.807) is 0 Å². The molecule has 0 unspecified atom stereocenters. The van der Waals surface area contributed by atoms with Gasteiger partial charge < -0.3 is 15.0 Å². The van der Waals surface area contributed by atoms with E-state index in [4.69, 9.17) is 4.74 Å². The SMILES string of the molecule is CC(C)C(=O)N1C[C@@H]2[C@@H](CNC(=O)c3cnccn3)CO[C@@H]2C1. The molecule has 2 amide bonds. The number of carbonyl (C=O) groups is 2. The first-order valence-corrected chi connectivity index (χ1v) is 8.01. The Bertz CT molecular complexity index is 578. The molecule has 3 rings (SSSR count). The van der Waals surface area contributed by atoms with Gasteiger partial charge in [0, 0.05) is 49.8 Å². The lowest BCUT2D eigenvalue weighted by molar-refractivity contribution is -0.134. The molecular formula is C16H22N4O3. The van der Waals surface area contributed by atoms with Gasteiger partial charge in [-0.15, -0.1) is 0 Å². The molecule has 1 aromatic heterocycles. The van der Waals surface area contributed by atoms with Gasteiger partial charge in [0.1, 0.15) is 5.69 Å². The normalized spacial score (nSPS) is 26.4.